The average Bonchev–Trinajstić information content (AvgIpc) is 3.74. The van der Waals surface area contributed by atoms with Crippen molar-refractivity contribution in [3.8, 4) is 16.8 Å². The van der Waals surface area contributed by atoms with E-state index >= 15 is 0 Å². The number of aromatic nitrogens is 1. The Morgan fingerprint density at radius 1 is 0.520 bits per heavy atom. The van der Waals surface area contributed by atoms with Gasteiger partial charge in [-0.1, -0.05) is 139 Å². The van der Waals surface area contributed by atoms with Gasteiger partial charge in [-0.3, -0.25) is 4.99 Å². The number of hydrogen-bond acceptors (Lipinski definition) is 3. The maximum atomic E-state index is 6.63. The Balaban J connectivity index is 1.15. The lowest BCUT2D eigenvalue weighted by atomic mass is 10.0. The molecule has 1 unspecified atom stereocenters. The number of benzene rings is 7. The van der Waals surface area contributed by atoms with Gasteiger partial charge in [0, 0.05) is 27.2 Å². The molecule has 1 aliphatic heterocycles. The van der Waals surface area contributed by atoms with Crippen LogP contribution in [-0.2, 0) is 0 Å². The van der Waals surface area contributed by atoms with E-state index in [-0.39, 0.29) is 6.17 Å². The highest BCUT2D eigenvalue weighted by atomic mass is 16.3. The van der Waals surface area contributed by atoms with Crippen LogP contribution in [0.2, 0.25) is 0 Å². The van der Waals surface area contributed by atoms with Gasteiger partial charge >= 0.3 is 0 Å². The minimum Gasteiger partial charge on any atom is -0.454 e. The van der Waals surface area contributed by atoms with Gasteiger partial charge in [0.2, 0.25) is 0 Å². The number of amidine groups is 2. The minimum absolute atomic E-state index is 0.379. The Hall–Kier alpha value is -6.72. The molecule has 3 heterocycles. The summed E-state index contributed by atoms with van der Waals surface area (Å²) in [4.78, 5) is 10.0. The largest absolute Gasteiger partial charge is 0.454 e. The molecule has 0 amide bonds. The molecule has 7 aromatic carbocycles. The molecule has 236 valence electrons. The molecule has 0 fully saturated rings. The highest BCUT2D eigenvalue weighted by Gasteiger charge is 2.20. The van der Waals surface area contributed by atoms with E-state index in [4.69, 9.17) is 19.7 Å². The van der Waals surface area contributed by atoms with Crippen LogP contribution in [0.4, 0.5) is 0 Å². The average molecular weight is 642 g/mol. The third-order valence-electron chi connectivity index (χ3n) is 9.59. The molecule has 1 atom stereocenters. The van der Waals surface area contributed by atoms with Crippen molar-refractivity contribution in [3.05, 3.63) is 192 Å². The van der Waals surface area contributed by atoms with Crippen molar-refractivity contribution in [2.24, 2.45) is 9.98 Å². The van der Waals surface area contributed by atoms with Crippen molar-refractivity contribution in [2.75, 3.05) is 0 Å². The monoisotopic (exact) mass is 641 g/mol. The number of fused-ring (bicyclic) bond motifs is 7. The molecule has 5 heteroatoms. The summed E-state index contributed by atoms with van der Waals surface area (Å²) in [6, 6.07) is 58.8. The summed E-state index contributed by atoms with van der Waals surface area (Å²) >= 11 is 0. The van der Waals surface area contributed by atoms with Gasteiger partial charge in [0.15, 0.2) is 5.58 Å². The SMILES string of the molecule is c1ccc(C2=NC(c3ccc(-n4c5ccc(-c6ccccc6)cc5c5ccc6c7ccccc7oc6c54)cc3)=NC(c3ccccc3)[N-]2)cc1. The maximum Gasteiger partial charge on any atom is 0.160 e. The Kier molecular flexibility index (Phi) is 6.49. The highest BCUT2D eigenvalue weighted by molar-refractivity contribution is 6.22. The second-order valence-electron chi connectivity index (χ2n) is 12.6. The first-order valence-corrected chi connectivity index (χ1v) is 16.8. The molecular weight excluding hydrogens is 613 g/mol. The summed E-state index contributed by atoms with van der Waals surface area (Å²) in [6.45, 7) is 0. The molecule has 2 aromatic heterocycles. The first-order valence-electron chi connectivity index (χ1n) is 16.8. The van der Waals surface area contributed by atoms with Crippen molar-refractivity contribution in [3.63, 3.8) is 0 Å². The third kappa shape index (κ3) is 4.63. The summed E-state index contributed by atoms with van der Waals surface area (Å²) in [7, 11) is 0. The lowest BCUT2D eigenvalue weighted by molar-refractivity contribution is 0.671. The zero-order valence-electron chi connectivity index (χ0n) is 26.9. The molecule has 0 bridgehead atoms. The smallest absolute Gasteiger partial charge is 0.160 e. The Labute approximate surface area is 288 Å². The number of para-hydroxylation sites is 1. The molecule has 0 saturated carbocycles. The summed E-state index contributed by atoms with van der Waals surface area (Å²) < 4.78 is 8.96. The van der Waals surface area contributed by atoms with Crippen LogP contribution in [0.5, 0.6) is 0 Å². The first kappa shape index (κ1) is 28.3. The quantitative estimate of drug-likeness (QED) is 0.184. The van der Waals surface area contributed by atoms with Gasteiger partial charge in [-0.05, 0) is 64.2 Å². The second-order valence-corrected chi connectivity index (χ2v) is 12.6. The molecule has 0 spiro atoms. The molecule has 0 N–H and O–H groups in total. The van der Waals surface area contributed by atoms with Gasteiger partial charge in [0.25, 0.3) is 0 Å². The standard InChI is InChI=1S/C45H29N4O/c1-4-12-29(13-5-1)33-22-27-39-38(28-33)36-25-26-37-35-18-10-11-19-40(35)50-42(37)41(36)49(39)34-23-20-32(21-24-34)45-47-43(30-14-6-2-7-15-30)46-44(48-45)31-16-8-3-9-17-31/h1-28,43H/q-1. The molecule has 5 nitrogen and oxygen atoms in total. The molecule has 9 aromatic rings. The van der Waals surface area contributed by atoms with E-state index in [2.05, 4.69) is 114 Å². The van der Waals surface area contributed by atoms with Gasteiger partial charge in [-0.15, -0.1) is 0 Å². The van der Waals surface area contributed by atoms with E-state index in [1.54, 1.807) is 0 Å². The van der Waals surface area contributed by atoms with Crippen molar-refractivity contribution in [2.45, 2.75) is 6.17 Å². The van der Waals surface area contributed by atoms with Gasteiger partial charge in [0.05, 0.1) is 23.0 Å². The van der Waals surface area contributed by atoms with E-state index in [0.717, 1.165) is 60.7 Å². The lowest BCUT2D eigenvalue weighted by Crippen LogP contribution is -2.15. The van der Waals surface area contributed by atoms with Crippen LogP contribution >= 0.6 is 0 Å². The van der Waals surface area contributed by atoms with Gasteiger partial charge in [-0.2, -0.15) is 0 Å². The predicted octanol–water partition coefficient (Wildman–Crippen LogP) is 11.6. The van der Waals surface area contributed by atoms with Crippen LogP contribution in [0.1, 0.15) is 22.9 Å². The third-order valence-corrected chi connectivity index (χ3v) is 9.59. The van der Waals surface area contributed by atoms with Crippen LogP contribution in [0, 0.1) is 0 Å². The van der Waals surface area contributed by atoms with Gasteiger partial charge in [0.1, 0.15) is 5.58 Å². The molecule has 10 rings (SSSR count). The fraction of sp³-hybridized carbons (Fsp3) is 0.0222. The van der Waals surface area contributed by atoms with E-state index in [1.807, 2.05) is 60.7 Å². The maximum absolute atomic E-state index is 6.63. The number of hydrogen-bond donors (Lipinski definition) is 0. The topological polar surface area (TPSA) is 56.9 Å². The zero-order valence-corrected chi connectivity index (χ0v) is 26.9. The summed E-state index contributed by atoms with van der Waals surface area (Å²) in [5.74, 6) is 1.34. The van der Waals surface area contributed by atoms with Crippen LogP contribution in [0.25, 0.3) is 65.9 Å². The fourth-order valence-electron chi connectivity index (χ4n) is 7.18. The number of furan rings is 1. The minimum atomic E-state index is -0.379. The molecule has 50 heavy (non-hydrogen) atoms. The Morgan fingerprint density at radius 2 is 1.18 bits per heavy atom. The lowest BCUT2D eigenvalue weighted by Gasteiger charge is -2.32. The zero-order chi connectivity index (χ0) is 33.0. The van der Waals surface area contributed by atoms with Crippen LogP contribution in [-0.4, -0.2) is 16.2 Å². The van der Waals surface area contributed by atoms with E-state index in [0.29, 0.717) is 11.7 Å². The molecule has 1 aliphatic rings. The summed E-state index contributed by atoms with van der Waals surface area (Å²) in [6.07, 6.45) is -0.379. The van der Waals surface area contributed by atoms with Gasteiger partial charge in [-0.25, -0.2) is 0 Å². The van der Waals surface area contributed by atoms with Crippen molar-refractivity contribution < 1.29 is 4.42 Å². The highest BCUT2D eigenvalue weighted by Crippen LogP contribution is 2.41. The van der Waals surface area contributed by atoms with E-state index < -0.39 is 0 Å². The van der Waals surface area contributed by atoms with E-state index in [1.165, 1.54) is 16.5 Å². The predicted molar refractivity (Wildman–Crippen MR) is 206 cm³/mol. The second kappa shape index (κ2) is 11.5. The summed E-state index contributed by atoms with van der Waals surface area (Å²) in [5.41, 5.74) is 10.2. The van der Waals surface area contributed by atoms with Crippen molar-refractivity contribution in [1.29, 1.82) is 0 Å². The molecule has 0 aliphatic carbocycles. The Bertz CT molecular complexity index is 2760. The van der Waals surface area contributed by atoms with Crippen molar-refractivity contribution >= 4 is 55.4 Å². The summed E-state index contributed by atoms with van der Waals surface area (Å²) in [5, 5.41) is 9.49. The number of aliphatic imine (C=N–C) groups is 2. The van der Waals surface area contributed by atoms with Crippen LogP contribution in [0.15, 0.2) is 184 Å². The molecule has 0 radical (unpaired) electrons. The first-order chi connectivity index (χ1) is 24.8. The van der Waals surface area contributed by atoms with Crippen LogP contribution in [0.3, 0.4) is 0 Å². The number of nitrogens with zero attached hydrogens (tertiary/aromatic N) is 4. The fourth-order valence-corrected chi connectivity index (χ4v) is 7.18. The van der Waals surface area contributed by atoms with Gasteiger partial charge < -0.3 is 19.3 Å². The molecule has 0 saturated heterocycles. The van der Waals surface area contributed by atoms with E-state index in [9.17, 15) is 0 Å². The van der Waals surface area contributed by atoms with Crippen molar-refractivity contribution in [1.82, 2.24) is 4.57 Å². The van der Waals surface area contributed by atoms with Crippen LogP contribution < -0.4 is 0 Å². The molecular formula is C45H29N4O-. The normalized spacial score (nSPS) is 14.6. The Morgan fingerprint density at radius 3 is 1.96 bits per heavy atom. The number of rotatable bonds is 5.